The van der Waals surface area contributed by atoms with Gasteiger partial charge in [0.05, 0.1) is 0 Å². The van der Waals surface area contributed by atoms with E-state index in [1.807, 2.05) is 0 Å². The van der Waals surface area contributed by atoms with E-state index in [-0.39, 0.29) is 0 Å². The molecule has 0 aromatic heterocycles. The molecule has 3 rings (SSSR count). The lowest BCUT2D eigenvalue weighted by Gasteiger charge is -2.34. The van der Waals surface area contributed by atoms with Crippen LogP contribution in [0.1, 0.15) is 6.92 Å². The van der Waals surface area contributed by atoms with Crippen molar-refractivity contribution in [2.24, 2.45) is 0 Å². The molecule has 1 atom stereocenters. The van der Waals surface area contributed by atoms with Crippen LogP contribution in [-0.2, 0) is 4.12 Å². The summed E-state index contributed by atoms with van der Waals surface area (Å²) in [4.78, 5) is 0. The third kappa shape index (κ3) is 3.99. The van der Waals surface area contributed by atoms with Gasteiger partial charge < -0.3 is 4.12 Å². The van der Waals surface area contributed by atoms with E-state index in [1.165, 1.54) is 33.7 Å². The highest BCUT2D eigenvalue weighted by Gasteiger charge is 2.39. The van der Waals surface area contributed by atoms with E-state index >= 15 is 0 Å². The summed E-state index contributed by atoms with van der Waals surface area (Å²) in [5.41, 5.74) is 0. The zero-order valence-corrected chi connectivity index (χ0v) is 19.9. The zero-order valence-electron chi connectivity index (χ0n) is 15.8. The van der Waals surface area contributed by atoms with Crippen LogP contribution in [0, 0.1) is 0 Å². The summed E-state index contributed by atoms with van der Waals surface area (Å²) in [5, 5.41) is 4.53. The Labute approximate surface area is 163 Å². The summed E-state index contributed by atoms with van der Waals surface area (Å²) >= 11 is 0. The fourth-order valence-electron chi connectivity index (χ4n) is 3.97. The lowest BCUT2D eigenvalue weighted by atomic mass is 10.3. The Hall–Kier alpha value is -1.73. The standard InChI is InChI=1S/C22H28OSi3/c1-2-25(23-24)18-19-26(20-12-6-3-7-13-20,21-14-8-4-9-15-21)22-16-10-5-11-17-22/h3-17,25H,2,18-19H2,1,24H3. The van der Waals surface area contributed by atoms with Crippen LogP contribution in [0.15, 0.2) is 91.0 Å². The van der Waals surface area contributed by atoms with E-state index in [2.05, 4.69) is 97.9 Å². The minimum Gasteiger partial charge on any atom is -0.466 e. The number of rotatable bonds is 8. The van der Waals surface area contributed by atoms with Crippen molar-refractivity contribution in [2.75, 3.05) is 0 Å². The van der Waals surface area contributed by atoms with Crippen LogP contribution in [0.5, 0.6) is 0 Å². The highest BCUT2D eigenvalue weighted by molar-refractivity contribution is 7.11. The van der Waals surface area contributed by atoms with Crippen LogP contribution >= 0.6 is 0 Å². The lowest BCUT2D eigenvalue weighted by molar-refractivity contribution is 0.628. The second-order valence-electron chi connectivity index (χ2n) is 6.81. The van der Waals surface area contributed by atoms with Gasteiger partial charge in [-0.25, -0.2) is 0 Å². The molecule has 0 spiro atoms. The van der Waals surface area contributed by atoms with Crippen LogP contribution in [-0.4, -0.2) is 27.6 Å². The van der Waals surface area contributed by atoms with Crippen LogP contribution < -0.4 is 15.6 Å². The molecule has 26 heavy (non-hydrogen) atoms. The molecule has 0 fully saturated rings. The van der Waals surface area contributed by atoms with Crippen LogP contribution in [0.2, 0.25) is 18.1 Å². The van der Waals surface area contributed by atoms with Crippen molar-refractivity contribution >= 4 is 43.2 Å². The fraction of sp³-hybridized carbons (Fsp3) is 0.182. The first-order valence-electron chi connectivity index (χ1n) is 9.50. The lowest BCUT2D eigenvalue weighted by Crippen LogP contribution is -2.67. The Morgan fingerprint density at radius 2 is 1.12 bits per heavy atom. The van der Waals surface area contributed by atoms with Crippen molar-refractivity contribution in [2.45, 2.75) is 25.1 Å². The average molecular weight is 393 g/mol. The third-order valence-corrected chi connectivity index (χ3v) is 15.5. The molecular formula is C22H28OSi3. The average Bonchev–Trinajstić information content (AvgIpc) is 2.74. The molecule has 3 aromatic carbocycles. The predicted octanol–water partition coefficient (Wildman–Crippen LogP) is 2.20. The molecule has 134 valence electrons. The van der Waals surface area contributed by atoms with Crippen molar-refractivity contribution in [1.82, 2.24) is 0 Å². The molecular weight excluding hydrogens is 364 g/mol. The molecule has 1 nitrogen and oxygen atoms in total. The van der Waals surface area contributed by atoms with Gasteiger partial charge in [0.2, 0.25) is 0 Å². The maximum atomic E-state index is 6.00. The van der Waals surface area contributed by atoms with Crippen molar-refractivity contribution < 1.29 is 4.12 Å². The van der Waals surface area contributed by atoms with Crippen molar-refractivity contribution in [3.05, 3.63) is 91.0 Å². The van der Waals surface area contributed by atoms with E-state index < -0.39 is 17.1 Å². The third-order valence-electron chi connectivity index (χ3n) is 5.43. The predicted molar refractivity (Wildman–Crippen MR) is 122 cm³/mol. The molecule has 0 aliphatic carbocycles. The van der Waals surface area contributed by atoms with Gasteiger partial charge in [-0.05, 0) is 33.7 Å². The van der Waals surface area contributed by atoms with Crippen molar-refractivity contribution in [3.63, 3.8) is 0 Å². The van der Waals surface area contributed by atoms with Crippen molar-refractivity contribution in [3.8, 4) is 0 Å². The maximum Gasteiger partial charge on any atom is 0.161 e. The normalized spacial score (nSPS) is 12.8. The van der Waals surface area contributed by atoms with Gasteiger partial charge >= 0.3 is 0 Å². The first kappa shape index (κ1) is 19.0. The Balaban J connectivity index is 2.18. The monoisotopic (exact) mass is 392 g/mol. The molecule has 0 radical (unpaired) electrons. The van der Waals surface area contributed by atoms with E-state index in [1.54, 1.807) is 0 Å². The molecule has 0 bridgehead atoms. The van der Waals surface area contributed by atoms with Gasteiger partial charge in [0.25, 0.3) is 0 Å². The SMILES string of the molecule is CC[SiH](CC[Si](c1ccccc1)(c1ccccc1)c1ccccc1)O[SiH3]. The molecule has 0 saturated carbocycles. The van der Waals surface area contributed by atoms with Gasteiger partial charge in [0, 0.05) is 0 Å². The Kier molecular flexibility index (Phi) is 6.80. The largest absolute Gasteiger partial charge is 0.466 e. The summed E-state index contributed by atoms with van der Waals surface area (Å²) in [6, 6.07) is 37.3. The maximum absolute atomic E-state index is 6.00. The second kappa shape index (κ2) is 9.28. The molecule has 4 heteroatoms. The molecule has 0 N–H and O–H groups in total. The summed E-state index contributed by atoms with van der Waals surface area (Å²) in [6.07, 6.45) is 0. The highest BCUT2D eigenvalue weighted by Crippen LogP contribution is 2.18. The number of hydrogen-bond acceptors (Lipinski definition) is 1. The summed E-state index contributed by atoms with van der Waals surface area (Å²) in [7, 11) is -2.24. The fourth-order valence-corrected chi connectivity index (χ4v) is 13.8. The van der Waals surface area contributed by atoms with Gasteiger partial charge in [-0.2, -0.15) is 0 Å². The van der Waals surface area contributed by atoms with E-state index in [4.69, 9.17) is 4.12 Å². The van der Waals surface area contributed by atoms with E-state index in [0.29, 0.717) is 0 Å². The minimum atomic E-state index is -2.05. The molecule has 0 amide bonds. The Morgan fingerprint density at radius 1 is 0.731 bits per heavy atom. The van der Waals surface area contributed by atoms with Gasteiger partial charge in [-0.3, -0.25) is 0 Å². The summed E-state index contributed by atoms with van der Waals surface area (Å²) in [5.74, 6) is 0. The van der Waals surface area contributed by atoms with Gasteiger partial charge in [-0.1, -0.05) is 97.9 Å². The molecule has 0 aliphatic heterocycles. The molecule has 3 aromatic rings. The Morgan fingerprint density at radius 3 is 1.42 bits per heavy atom. The smallest absolute Gasteiger partial charge is 0.161 e. The van der Waals surface area contributed by atoms with Gasteiger partial charge in [0.1, 0.15) is 18.6 Å². The van der Waals surface area contributed by atoms with Crippen LogP contribution in [0.25, 0.3) is 0 Å². The number of benzene rings is 3. The van der Waals surface area contributed by atoms with Crippen molar-refractivity contribution in [1.29, 1.82) is 0 Å². The highest BCUT2D eigenvalue weighted by atomic mass is 28.3. The summed E-state index contributed by atoms with van der Waals surface area (Å²) in [6.45, 7) is 2.30. The van der Waals surface area contributed by atoms with Gasteiger partial charge in [-0.15, -0.1) is 0 Å². The second-order valence-corrected chi connectivity index (χ2v) is 15.4. The molecule has 0 aliphatic rings. The van der Waals surface area contributed by atoms with Crippen LogP contribution in [0.3, 0.4) is 0 Å². The van der Waals surface area contributed by atoms with E-state index in [0.717, 1.165) is 10.5 Å². The van der Waals surface area contributed by atoms with Gasteiger partial charge in [0.15, 0.2) is 9.04 Å². The molecule has 0 heterocycles. The minimum absolute atomic E-state index is 0.871. The quantitative estimate of drug-likeness (QED) is 0.422. The zero-order chi connectivity index (χ0) is 18.2. The van der Waals surface area contributed by atoms with Crippen LogP contribution in [0.4, 0.5) is 0 Å². The Bertz CT molecular complexity index is 678. The number of hydrogen-bond donors (Lipinski definition) is 0. The molecule has 0 saturated heterocycles. The first-order chi connectivity index (χ1) is 12.8. The summed E-state index contributed by atoms with van der Waals surface area (Å²) < 4.78 is 6.00. The topological polar surface area (TPSA) is 9.23 Å². The molecule has 1 unspecified atom stereocenters. The van der Waals surface area contributed by atoms with E-state index in [9.17, 15) is 0 Å². The first-order valence-corrected chi connectivity index (χ1v) is 14.6.